The van der Waals surface area contributed by atoms with E-state index in [0.717, 1.165) is 16.7 Å². The zero-order valence-electron chi connectivity index (χ0n) is 15.7. The molecule has 8 heteroatoms. The predicted molar refractivity (Wildman–Crippen MR) is 113 cm³/mol. The number of carbonyl (C=O) groups excluding carboxylic acids is 1. The SMILES string of the molecule is Cc1c(N2C(=N)SC(=Cc3ccc(F)cc3)C2=O)c(=O)n(-c2ccccc2)n1C. The number of thioether (sulfide) groups is 1. The van der Waals surface area contributed by atoms with Crippen molar-refractivity contribution in [1.29, 1.82) is 5.41 Å². The van der Waals surface area contributed by atoms with E-state index in [-0.39, 0.29) is 22.2 Å². The van der Waals surface area contributed by atoms with Crippen LogP contribution in [0.2, 0.25) is 0 Å². The maximum absolute atomic E-state index is 13.2. The molecular formula is C21H17FN4O2S. The molecule has 1 amide bonds. The number of para-hydroxylation sites is 1. The molecule has 29 heavy (non-hydrogen) atoms. The Hall–Kier alpha value is -3.39. The largest absolute Gasteiger partial charge is 0.296 e. The summed E-state index contributed by atoms with van der Waals surface area (Å²) in [7, 11) is 1.74. The molecule has 0 unspecified atom stereocenters. The molecule has 6 nitrogen and oxygen atoms in total. The smallest absolute Gasteiger partial charge is 0.283 e. The van der Waals surface area contributed by atoms with Crippen LogP contribution in [0.4, 0.5) is 10.1 Å². The Morgan fingerprint density at radius 1 is 1.03 bits per heavy atom. The summed E-state index contributed by atoms with van der Waals surface area (Å²) < 4.78 is 16.3. The highest BCUT2D eigenvalue weighted by atomic mass is 32.2. The lowest BCUT2D eigenvalue weighted by Gasteiger charge is -2.12. The van der Waals surface area contributed by atoms with Gasteiger partial charge in [0.1, 0.15) is 11.5 Å². The molecule has 0 radical (unpaired) electrons. The standard InChI is InChI=1S/C21H17FN4O2S/c1-13-18(20(28)26(24(13)2)16-6-4-3-5-7-16)25-19(27)17(29-21(25)23)12-14-8-10-15(22)11-9-14/h3-12,23H,1-2H3. The molecule has 4 rings (SSSR count). The number of anilines is 1. The molecule has 1 N–H and O–H groups in total. The number of nitrogens with one attached hydrogen (secondary N) is 1. The Labute approximate surface area is 170 Å². The second kappa shape index (κ2) is 7.21. The fourth-order valence-electron chi connectivity index (χ4n) is 3.21. The maximum atomic E-state index is 13.2. The third-order valence-corrected chi connectivity index (χ3v) is 5.63. The molecule has 1 saturated heterocycles. The van der Waals surface area contributed by atoms with Gasteiger partial charge in [-0.25, -0.2) is 14.0 Å². The number of hydrogen-bond acceptors (Lipinski definition) is 4. The summed E-state index contributed by atoms with van der Waals surface area (Å²) >= 11 is 0.974. The summed E-state index contributed by atoms with van der Waals surface area (Å²) in [5, 5.41) is 8.24. The predicted octanol–water partition coefficient (Wildman–Crippen LogP) is 3.68. The molecule has 0 spiro atoms. The van der Waals surface area contributed by atoms with E-state index >= 15 is 0 Å². The molecule has 146 valence electrons. The van der Waals surface area contributed by atoms with E-state index in [2.05, 4.69) is 0 Å². The molecule has 0 aliphatic carbocycles. The second-order valence-electron chi connectivity index (χ2n) is 6.52. The number of amides is 1. The van der Waals surface area contributed by atoms with Crippen molar-refractivity contribution in [1.82, 2.24) is 9.36 Å². The lowest BCUT2D eigenvalue weighted by molar-refractivity contribution is -0.113. The maximum Gasteiger partial charge on any atom is 0.296 e. The number of rotatable bonds is 3. The van der Waals surface area contributed by atoms with Crippen molar-refractivity contribution in [3.63, 3.8) is 0 Å². The zero-order valence-corrected chi connectivity index (χ0v) is 16.5. The van der Waals surface area contributed by atoms with Gasteiger partial charge in [0.15, 0.2) is 5.17 Å². The molecule has 1 aromatic heterocycles. The van der Waals surface area contributed by atoms with Gasteiger partial charge in [-0.05, 0) is 54.6 Å². The summed E-state index contributed by atoms with van der Waals surface area (Å²) in [5.41, 5.74) is 1.66. The molecule has 1 aliphatic rings. The van der Waals surface area contributed by atoms with Crippen molar-refractivity contribution < 1.29 is 9.18 Å². The van der Waals surface area contributed by atoms with Crippen molar-refractivity contribution in [2.45, 2.75) is 6.92 Å². The van der Waals surface area contributed by atoms with Gasteiger partial charge in [0.2, 0.25) is 0 Å². The Balaban J connectivity index is 1.78. The van der Waals surface area contributed by atoms with Crippen LogP contribution >= 0.6 is 11.8 Å². The van der Waals surface area contributed by atoms with Gasteiger partial charge in [0.25, 0.3) is 11.5 Å². The number of carbonyl (C=O) groups is 1. The van der Waals surface area contributed by atoms with Gasteiger partial charge >= 0.3 is 0 Å². The monoisotopic (exact) mass is 408 g/mol. The summed E-state index contributed by atoms with van der Waals surface area (Å²) in [4.78, 5) is 27.6. The Kier molecular flexibility index (Phi) is 4.71. The molecule has 0 bridgehead atoms. The minimum atomic E-state index is -0.449. The molecular weight excluding hydrogens is 391 g/mol. The third kappa shape index (κ3) is 3.21. The molecule has 0 saturated carbocycles. The van der Waals surface area contributed by atoms with Crippen LogP contribution in [0.5, 0.6) is 0 Å². The first-order chi connectivity index (χ1) is 13.9. The van der Waals surface area contributed by atoms with Crippen LogP contribution in [0.15, 0.2) is 64.3 Å². The number of nitrogens with zero attached hydrogens (tertiary/aromatic N) is 3. The van der Waals surface area contributed by atoms with E-state index in [1.165, 1.54) is 16.8 Å². The quantitative estimate of drug-likeness (QED) is 0.672. The lowest BCUT2D eigenvalue weighted by Crippen LogP contribution is -2.33. The first-order valence-electron chi connectivity index (χ1n) is 8.80. The minimum absolute atomic E-state index is 0.0469. The summed E-state index contributed by atoms with van der Waals surface area (Å²) in [6.07, 6.45) is 1.59. The van der Waals surface area contributed by atoms with Crippen LogP contribution in [0, 0.1) is 18.2 Å². The lowest BCUT2D eigenvalue weighted by atomic mass is 10.2. The van der Waals surface area contributed by atoms with Crippen molar-refractivity contribution in [2.75, 3.05) is 4.90 Å². The van der Waals surface area contributed by atoms with Crippen LogP contribution in [0.3, 0.4) is 0 Å². The van der Waals surface area contributed by atoms with Gasteiger partial charge in [0.05, 0.1) is 16.3 Å². The van der Waals surface area contributed by atoms with Crippen molar-refractivity contribution in [2.24, 2.45) is 7.05 Å². The van der Waals surface area contributed by atoms with Crippen LogP contribution in [-0.2, 0) is 11.8 Å². The molecule has 1 fully saturated rings. The summed E-state index contributed by atoms with van der Waals surface area (Å²) in [5.74, 6) is -0.816. The van der Waals surface area contributed by atoms with Crippen LogP contribution in [0.25, 0.3) is 11.8 Å². The normalized spacial score (nSPS) is 15.6. The molecule has 0 atom stereocenters. The number of hydrogen-bond donors (Lipinski definition) is 1. The van der Waals surface area contributed by atoms with Gasteiger partial charge in [-0.1, -0.05) is 30.3 Å². The summed E-state index contributed by atoms with van der Waals surface area (Å²) in [6.45, 7) is 1.74. The highest BCUT2D eigenvalue weighted by Gasteiger charge is 2.37. The highest BCUT2D eigenvalue weighted by Crippen LogP contribution is 2.35. The van der Waals surface area contributed by atoms with Gasteiger partial charge in [-0.3, -0.25) is 19.7 Å². The molecule has 2 aromatic carbocycles. The van der Waals surface area contributed by atoms with Gasteiger partial charge in [-0.2, -0.15) is 0 Å². The fraction of sp³-hybridized carbons (Fsp3) is 0.0952. The van der Waals surface area contributed by atoms with Crippen molar-refractivity contribution in [3.8, 4) is 5.69 Å². The first kappa shape index (κ1) is 18.9. The molecule has 1 aliphatic heterocycles. The van der Waals surface area contributed by atoms with E-state index in [1.807, 2.05) is 18.2 Å². The summed E-state index contributed by atoms with van der Waals surface area (Å²) in [6, 6.07) is 14.8. The Morgan fingerprint density at radius 3 is 2.34 bits per heavy atom. The second-order valence-corrected chi connectivity index (χ2v) is 7.55. The van der Waals surface area contributed by atoms with E-state index < -0.39 is 5.91 Å². The third-order valence-electron chi connectivity index (χ3n) is 4.74. The zero-order chi connectivity index (χ0) is 20.7. The number of aromatic nitrogens is 2. The van der Waals surface area contributed by atoms with Gasteiger partial charge in [-0.15, -0.1) is 0 Å². The number of amidine groups is 1. The van der Waals surface area contributed by atoms with E-state index in [4.69, 9.17) is 5.41 Å². The van der Waals surface area contributed by atoms with E-state index in [0.29, 0.717) is 21.8 Å². The van der Waals surface area contributed by atoms with Gasteiger partial charge in [0, 0.05) is 7.05 Å². The number of halogens is 1. The van der Waals surface area contributed by atoms with Crippen LogP contribution in [-0.4, -0.2) is 20.4 Å². The highest BCUT2D eigenvalue weighted by molar-refractivity contribution is 8.19. The average Bonchev–Trinajstić information content (AvgIpc) is 3.10. The Bertz CT molecular complexity index is 1210. The fourth-order valence-corrected chi connectivity index (χ4v) is 4.06. The van der Waals surface area contributed by atoms with Crippen molar-refractivity contribution >= 4 is 34.6 Å². The van der Waals surface area contributed by atoms with Crippen LogP contribution < -0.4 is 10.5 Å². The first-order valence-corrected chi connectivity index (χ1v) is 9.62. The van der Waals surface area contributed by atoms with E-state index in [9.17, 15) is 14.0 Å². The Morgan fingerprint density at radius 2 is 1.69 bits per heavy atom. The topological polar surface area (TPSA) is 71.1 Å². The van der Waals surface area contributed by atoms with E-state index in [1.54, 1.807) is 49.0 Å². The van der Waals surface area contributed by atoms with Crippen LogP contribution in [0.1, 0.15) is 11.3 Å². The van der Waals surface area contributed by atoms with Crippen molar-refractivity contribution in [3.05, 3.63) is 86.9 Å². The molecule has 3 aromatic rings. The number of benzene rings is 2. The van der Waals surface area contributed by atoms with Gasteiger partial charge < -0.3 is 0 Å². The average molecular weight is 408 g/mol. The minimum Gasteiger partial charge on any atom is -0.283 e. The molecule has 2 heterocycles.